The van der Waals surface area contributed by atoms with Gasteiger partial charge >= 0.3 is 6.18 Å². The number of methoxy groups -OCH3 is 1. The van der Waals surface area contributed by atoms with Crippen molar-refractivity contribution in [1.29, 1.82) is 0 Å². The van der Waals surface area contributed by atoms with E-state index in [0.29, 0.717) is 21.8 Å². The fraction of sp³-hybridized carbons (Fsp3) is 0.0606. The van der Waals surface area contributed by atoms with Gasteiger partial charge in [0.25, 0.3) is 0 Å². The first kappa shape index (κ1) is 32.6. The van der Waals surface area contributed by atoms with Gasteiger partial charge in [0.1, 0.15) is 9.49 Å². The molecule has 5 aromatic carbocycles. The van der Waals surface area contributed by atoms with Crippen LogP contribution in [0.25, 0.3) is 0 Å². The highest BCUT2D eigenvalue weighted by molar-refractivity contribution is 8.30. The largest absolute Gasteiger partial charge is 0.497 e. The average molecular weight is 673 g/mol. The standard InChI is InChI=1S/C33H24ClF3O6S2/c1-42-25-14-18-28(19-15-25)45(43-34(39,40)41,31-13-6-5-12-30(31)33(35,36)37)29-20-16-26(17-21-29)44-27-11-7-10-24(22-27)32(38)23-8-3-2-4-9-23/h2-22H,1H3. The molecule has 0 aliphatic carbocycles. The zero-order chi connectivity index (χ0) is 32.2. The van der Waals surface area contributed by atoms with Crippen LogP contribution in [-0.2, 0) is 9.91 Å². The summed E-state index contributed by atoms with van der Waals surface area (Å²) in [6.45, 7) is 0. The molecule has 0 aliphatic heterocycles. The van der Waals surface area contributed by atoms with E-state index in [1.807, 2.05) is 6.07 Å². The van der Waals surface area contributed by atoms with E-state index in [1.54, 1.807) is 60.7 Å². The normalized spacial score (nSPS) is 13.9. The van der Waals surface area contributed by atoms with Crippen molar-refractivity contribution >= 4 is 27.9 Å². The molecule has 1 atom stereocenters. The van der Waals surface area contributed by atoms with Crippen LogP contribution in [0.2, 0.25) is 0 Å². The van der Waals surface area contributed by atoms with Crippen molar-refractivity contribution in [1.82, 2.24) is 0 Å². The number of carbonyl (C=O) groups excluding carboxylic acids is 1. The first-order valence-electron chi connectivity index (χ1n) is 13.1. The summed E-state index contributed by atoms with van der Waals surface area (Å²) in [4.78, 5) is 13.9. The van der Waals surface area contributed by atoms with Crippen LogP contribution in [0.1, 0.15) is 21.5 Å². The van der Waals surface area contributed by atoms with Crippen LogP contribution in [0.5, 0.6) is 5.75 Å². The Morgan fingerprint density at radius 3 is 1.89 bits per heavy atom. The number of hydrogen-bond acceptors (Lipinski definition) is 7. The van der Waals surface area contributed by atoms with Crippen molar-refractivity contribution in [3.8, 4) is 5.75 Å². The molecule has 0 amide bonds. The van der Waals surface area contributed by atoms with Gasteiger partial charge in [-0.15, -0.1) is 0 Å². The van der Waals surface area contributed by atoms with E-state index >= 15 is 0 Å². The zero-order valence-electron chi connectivity index (χ0n) is 23.4. The zero-order valence-corrected chi connectivity index (χ0v) is 25.8. The van der Waals surface area contributed by atoms with Crippen molar-refractivity contribution in [2.24, 2.45) is 0 Å². The van der Waals surface area contributed by atoms with Crippen LogP contribution in [0.4, 0.5) is 13.2 Å². The summed E-state index contributed by atoms with van der Waals surface area (Å²) in [7, 11) is -7.63. The van der Waals surface area contributed by atoms with Crippen LogP contribution in [0, 0.1) is 10.2 Å². The summed E-state index contributed by atoms with van der Waals surface area (Å²) in [6.07, 6.45) is -4.90. The van der Waals surface area contributed by atoms with Crippen molar-refractivity contribution in [2.45, 2.75) is 30.7 Å². The topological polar surface area (TPSA) is 105 Å². The number of rotatable bonds is 10. The Balaban J connectivity index is 1.60. The minimum atomic E-state index is -5.21. The van der Waals surface area contributed by atoms with E-state index in [9.17, 15) is 31.9 Å². The number of ether oxygens (including phenoxy) is 1. The number of carbonyl (C=O) groups is 1. The molecule has 6 nitrogen and oxygen atoms in total. The lowest BCUT2D eigenvalue weighted by Gasteiger charge is -2.36. The molecule has 0 aliphatic rings. The highest BCUT2D eigenvalue weighted by atomic mass is 35.7. The second-order valence-electron chi connectivity index (χ2n) is 9.46. The molecule has 0 spiro atoms. The number of benzene rings is 5. The van der Waals surface area contributed by atoms with Crippen LogP contribution in [0.3, 0.4) is 0 Å². The SMILES string of the molecule is COc1ccc(S(O[Cl+3]([O-])([O-])[O-])(c2ccc(Sc3cccc(C(=O)c4ccccc4)c3)cc2)c2ccccc2C(F)(F)F)cc1. The molecule has 0 saturated heterocycles. The number of halogens is 4. The smallest absolute Gasteiger partial charge is 0.417 e. The van der Waals surface area contributed by atoms with Gasteiger partial charge in [-0.05, 0) is 72.8 Å². The van der Waals surface area contributed by atoms with E-state index in [-0.39, 0.29) is 15.6 Å². The molecule has 12 heteroatoms. The quantitative estimate of drug-likeness (QED) is 0.163. The summed E-state index contributed by atoms with van der Waals surface area (Å²) < 4.78 is 90.1. The van der Waals surface area contributed by atoms with Crippen LogP contribution >= 0.6 is 22.1 Å². The molecular formula is C33H24ClF3O6S2. The molecule has 45 heavy (non-hydrogen) atoms. The lowest BCUT2D eigenvalue weighted by Crippen LogP contribution is -2.61. The summed E-state index contributed by atoms with van der Waals surface area (Å²) in [5.74, 6) is 0.207. The minimum Gasteiger partial charge on any atom is -0.497 e. The molecule has 0 saturated carbocycles. The summed E-state index contributed by atoms with van der Waals surface area (Å²) in [5.41, 5.74) is -0.135. The molecule has 1 unspecified atom stereocenters. The maximum absolute atomic E-state index is 14.3. The van der Waals surface area contributed by atoms with Crippen molar-refractivity contribution < 1.29 is 50.7 Å². The molecule has 232 valence electrons. The Labute approximate surface area is 265 Å². The van der Waals surface area contributed by atoms with E-state index < -0.39 is 37.2 Å². The average Bonchev–Trinajstić information content (AvgIpc) is 3.03. The third-order valence-corrected chi connectivity index (χ3v) is 11.8. The fourth-order valence-corrected chi connectivity index (χ4v) is 9.86. The second-order valence-corrected chi connectivity index (χ2v) is 14.4. The van der Waals surface area contributed by atoms with Crippen LogP contribution in [0.15, 0.2) is 152 Å². The van der Waals surface area contributed by atoms with E-state index in [1.165, 1.54) is 67.4 Å². The second kappa shape index (κ2) is 13.3. The van der Waals surface area contributed by atoms with Gasteiger partial charge in [-0.3, -0.25) is 4.79 Å². The maximum Gasteiger partial charge on any atom is 0.417 e. The predicted molar refractivity (Wildman–Crippen MR) is 155 cm³/mol. The van der Waals surface area contributed by atoms with Crippen LogP contribution < -0.4 is 18.7 Å². The molecule has 0 radical (unpaired) electrons. The Morgan fingerprint density at radius 1 is 0.711 bits per heavy atom. The number of hydrogen-bond donors (Lipinski definition) is 0. The Morgan fingerprint density at radius 2 is 1.29 bits per heavy atom. The molecule has 5 aromatic rings. The van der Waals surface area contributed by atoms with Gasteiger partial charge in [0.05, 0.1) is 33.2 Å². The summed E-state index contributed by atoms with van der Waals surface area (Å²) in [6, 6.07) is 31.9. The molecule has 0 fully saturated rings. The van der Waals surface area contributed by atoms with Gasteiger partial charge in [0.2, 0.25) is 0 Å². The summed E-state index contributed by atoms with van der Waals surface area (Å²) in [5, 5.41) is 0. The molecule has 5 rings (SSSR count). The van der Waals surface area contributed by atoms with E-state index in [0.717, 1.165) is 17.0 Å². The van der Waals surface area contributed by atoms with E-state index in [2.05, 4.69) is 0 Å². The summed E-state index contributed by atoms with van der Waals surface area (Å²) >= 11 is 1.29. The van der Waals surface area contributed by atoms with Gasteiger partial charge in [0.15, 0.2) is 5.78 Å². The maximum atomic E-state index is 14.3. The Kier molecular flexibility index (Phi) is 9.61. The molecule has 0 N–H and O–H groups in total. The third-order valence-electron chi connectivity index (χ3n) is 6.59. The van der Waals surface area contributed by atoms with Gasteiger partial charge in [-0.25, -0.2) is 0 Å². The Bertz CT molecular complexity index is 1780. The van der Waals surface area contributed by atoms with Gasteiger partial charge in [-0.2, -0.15) is 27.1 Å². The monoisotopic (exact) mass is 672 g/mol. The van der Waals surface area contributed by atoms with Crippen molar-refractivity contribution in [3.05, 3.63) is 144 Å². The molecule has 0 aromatic heterocycles. The predicted octanol–water partition coefficient (Wildman–Crippen LogP) is 6.21. The lowest BCUT2D eigenvalue weighted by atomic mass is 10.0. The first-order chi connectivity index (χ1) is 21.4. The van der Waals surface area contributed by atoms with Gasteiger partial charge in [0, 0.05) is 35.6 Å². The van der Waals surface area contributed by atoms with E-state index in [4.69, 9.17) is 8.47 Å². The highest BCUT2D eigenvalue weighted by Crippen LogP contribution is 2.72. The fourth-order valence-electron chi connectivity index (χ4n) is 4.62. The number of ketones is 1. The van der Waals surface area contributed by atoms with Crippen molar-refractivity contribution in [3.63, 3.8) is 0 Å². The van der Waals surface area contributed by atoms with Crippen LogP contribution in [-0.4, -0.2) is 12.9 Å². The molecular weight excluding hydrogens is 649 g/mol. The van der Waals surface area contributed by atoms with Crippen molar-refractivity contribution in [2.75, 3.05) is 7.11 Å². The number of alkyl halides is 3. The molecule has 0 bridgehead atoms. The van der Waals surface area contributed by atoms with Gasteiger partial charge in [-0.1, -0.05) is 66.4 Å². The molecule has 0 heterocycles. The highest BCUT2D eigenvalue weighted by Gasteiger charge is 2.51. The third kappa shape index (κ3) is 7.37. The lowest BCUT2D eigenvalue weighted by molar-refractivity contribution is -1.91. The Hall–Kier alpha value is -3.81. The van der Waals surface area contributed by atoms with Gasteiger partial charge < -0.3 is 4.74 Å². The minimum absolute atomic E-state index is 0.0273. The first-order valence-corrected chi connectivity index (χ1v) is 16.7.